The van der Waals surface area contributed by atoms with Crippen molar-refractivity contribution in [2.75, 3.05) is 27.4 Å². The molecule has 2 aromatic carbocycles. The molecule has 1 aromatic heterocycles. The van der Waals surface area contributed by atoms with Crippen LogP contribution >= 0.6 is 10.2 Å². The van der Waals surface area contributed by atoms with E-state index in [9.17, 15) is 33.3 Å². The minimum absolute atomic E-state index is 0.120. The molecule has 0 spiro atoms. The van der Waals surface area contributed by atoms with E-state index in [4.69, 9.17) is 9.57 Å². The lowest BCUT2D eigenvalue weighted by atomic mass is 9.96. The Morgan fingerprint density at radius 2 is 1.78 bits per heavy atom. The van der Waals surface area contributed by atoms with Crippen LogP contribution in [0.15, 0.2) is 77.6 Å². The van der Waals surface area contributed by atoms with Crippen LogP contribution in [-0.4, -0.2) is 58.0 Å². The van der Waals surface area contributed by atoms with Gasteiger partial charge in [0, 0.05) is 18.3 Å². The van der Waals surface area contributed by atoms with Crippen LogP contribution in [0.3, 0.4) is 0 Å². The van der Waals surface area contributed by atoms with E-state index < -0.39 is 46.9 Å². The molecule has 0 radical (unpaired) electrons. The molecule has 0 amide bonds. The maximum Gasteiger partial charge on any atom is 0.290 e. The largest absolute Gasteiger partial charge is 0.495 e. The molecule has 15 heteroatoms. The summed E-state index contributed by atoms with van der Waals surface area (Å²) in [6, 6.07) is 8.16. The number of rotatable bonds is 8. The second-order valence-corrected chi connectivity index (χ2v) is 13.0. The number of imidazole rings is 1. The highest BCUT2D eigenvalue weighted by atomic mass is 32.5. The van der Waals surface area contributed by atoms with E-state index in [1.165, 1.54) is 38.3 Å². The topological polar surface area (TPSA) is 72.1 Å². The second-order valence-electron chi connectivity index (χ2n) is 10.3. The van der Waals surface area contributed by atoms with E-state index >= 15 is 0 Å². The van der Waals surface area contributed by atoms with Crippen molar-refractivity contribution in [3.8, 4) is 11.4 Å². The second kappa shape index (κ2) is 13.2. The van der Waals surface area contributed by atoms with Crippen molar-refractivity contribution >= 4 is 22.1 Å². The van der Waals surface area contributed by atoms with Crippen molar-refractivity contribution in [3.63, 3.8) is 0 Å². The van der Waals surface area contributed by atoms with Gasteiger partial charge in [-0.2, -0.15) is 0 Å². The fraction of sp³-hybridized carbons (Fsp3) is 0.333. The average molecular weight is 665 g/mol. The first kappa shape index (κ1) is 35.5. The number of oxime groups is 1. The first-order valence-corrected chi connectivity index (χ1v) is 15.6. The molecule has 1 saturated heterocycles. The minimum atomic E-state index is -10.0. The number of methoxy groups -OCH3 is 1. The van der Waals surface area contributed by atoms with E-state index in [1.54, 1.807) is 49.1 Å². The predicted molar refractivity (Wildman–Crippen MR) is 162 cm³/mol. The number of likely N-dealkylation sites (tertiary alicyclic amines) is 1. The fourth-order valence-electron chi connectivity index (χ4n) is 4.61. The lowest BCUT2D eigenvalue weighted by Crippen LogP contribution is -2.50. The van der Waals surface area contributed by atoms with Gasteiger partial charge in [-0.15, -0.1) is 0 Å². The summed E-state index contributed by atoms with van der Waals surface area (Å²) in [4.78, 5) is 9.99. The lowest BCUT2D eigenvalue weighted by Gasteiger charge is -2.52. The molecule has 1 aliphatic rings. The number of aliphatic hydroxyl groups is 1. The number of benzene rings is 2. The smallest absolute Gasteiger partial charge is 0.290 e. The summed E-state index contributed by atoms with van der Waals surface area (Å²) in [5.41, 5.74) is 1.71. The molecular weight excluding hydrogens is 629 g/mol. The Balaban J connectivity index is 0.00000102. The van der Waals surface area contributed by atoms with E-state index in [-0.39, 0.29) is 22.8 Å². The number of halogens is 7. The number of ether oxygens (including phenoxy) is 1. The monoisotopic (exact) mass is 664 g/mol. The number of hydrogen-bond donors (Lipinski definition) is 1. The average Bonchev–Trinajstić information content (AvgIpc) is 3.40. The van der Waals surface area contributed by atoms with Crippen molar-refractivity contribution in [2.45, 2.75) is 38.5 Å². The number of aryl methyl sites for hydroxylation is 1. The van der Waals surface area contributed by atoms with E-state index in [0.29, 0.717) is 17.0 Å². The van der Waals surface area contributed by atoms with Gasteiger partial charge >= 0.3 is 0 Å². The van der Waals surface area contributed by atoms with Crippen LogP contribution in [0.4, 0.5) is 28.2 Å². The van der Waals surface area contributed by atoms with Gasteiger partial charge in [-0.05, 0) is 68.7 Å². The molecule has 2 unspecified atom stereocenters. The molecule has 248 valence electrons. The van der Waals surface area contributed by atoms with Crippen LogP contribution in [-0.2, 0) is 4.84 Å². The third kappa shape index (κ3) is 9.26. The van der Waals surface area contributed by atoms with Crippen LogP contribution in [0.5, 0.6) is 5.75 Å². The van der Waals surface area contributed by atoms with Gasteiger partial charge in [-0.3, -0.25) is 0 Å². The van der Waals surface area contributed by atoms with Crippen molar-refractivity contribution in [1.82, 2.24) is 14.5 Å². The van der Waals surface area contributed by atoms with E-state index in [2.05, 4.69) is 10.1 Å². The summed E-state index contributed by atoms with van der Waals surface area (Å²) < 4.78 is 103. The molecule has 2 heterocycles. The number of piperidine rings is 1. The molecule has 1 fully saturated rings. The Labute approximate surface area is 257 Å². The lowest BCUT2D eigenvalue weighted by molar-refractivity contribution is 0.156. The van der Waals surface area contributed by atoms with Crippen molar-refractivity contribution in [3.05, 3.63) is 95.1 Å². The molecule has 45 heavy (non-hydrogen) atoms. The minimum Gasteiger partial charge on any atom is -0.495 e. The number of hydrogen-bond acceptors (Lipinski definition) is 5. The highest BCUT2D eigenvalue weighted by Crippen LogP contribution is 3.01. The predicted octanol–water partition coefficient (Wildman–Crippen LogP) is 8.66. The fourth-order valence-corrected chi connectivity index (χ4v) is 5.54. The van der Waals surface area contributed by atoms with Crippen molar-refractivity contribution < 1.29 is 42.9 Å². The van der Waals surface area contributed by atoms with Crippen molar-refractivity contribution in [2.24, 2.45) is 5.16 Å². The number of allylic oxidation sites excluding steroid dienone is 2. The molecule has 4 rings (SSSR count). The summed E-state index contributed by atoms with van der Waals surface area (Å²) in [5.74, 6) is -0.547. The first-order valence-electron chi connectivity index (χ1n) is 13.6. The molecular formula is C30H35F7N4O3S. The Hall–Kier alpha value is -3.98. The zero-order chi connectivity index (χ0) is 33.6. The molecule has 0 saturated carbocycles. The molecule has 3 aromatic rings. The van der Waals surface area contributed by atoms with Crippen LogP contribution in [0.25, 0.3) is 11.8 Å². The van der Waals surface area contributed by atoms with Crippen molar-refractivity contribution in [1.29, 1.82) is 0 Å². The van der Waals surface area contributed by atoms with Gasteiger partial charge in [0.2, 0.25) is 0 Å². The van der Waals surface area contributed by atoms with Crippen LogP contribution in [0, 0.1) is 12.7 Å². The quantitative estimate of drug-likeness (QED) is 0.193. The molecule has 0 bridgehead atoms. The van der Waals surface area contributed by atoms with E-state index in [0.717, 1.165) is 29.8 Å². The number of aliphatic hydroxyl groups excluding tert-OH is 1. The number of nitrogens with zero attached hydrogens (tertiary/aromatic N) is 4. The summed E-state index contributed by atoms with van der Waals surface area (Å²) in [6.45, 7) is 2.92. The summed E-state index contributed by atoms with van der Waals surface area (Å²) >= 11 is 0. The normalized spacial score (nSPS) is 19.8. The standard InChI is InChI=1S/C26H28F6N4O3S.C4H7F/c1-17-13-35(16-33-17)23-9-4-18(11-25(23)38-2)10-20-12-22(40(28,29,30,31)32)14-36(26(20)34-39-3)24(15-37)19-5-7-21(27)8-6-19;1-3-4(2)5/h4-11,13,16,22,24,37H,12,14-15H2,1-3H3;3H,1-2H3/b20-10+,34-26-;4-3+. The van der Waals surface area contributed by atoms with Gasteiger partial charge in [0.1, 0.15) is 23.9 Å². The molecule has 1 N–H and O–H groups in total. The maximum absolute atomic E-state index is 14.2. The van der Waals surface area contributed by atoms with Gasteiger partial charge in [0.25, 0.3) is 10.2 Å². The summed E-state index contributed by atoms with van der Waals surface area (Å²) in [7, 11) is -7.46. The Kier molecular flexibility index (Phi) is 10.4. The van der Waals surface area contributed by atoms with Gasteiger partial charge in [-0.25, -0.2) is 13.8 Å². The van der Waals surface area contributed by atoms with Gasteiger partial charge in [-0.1, -0.05) is 48.9 Å². The van der Waals surface area contributed by atoms with Crippen LogP contribution in [0.2, 0.25) is 0 Å². The third-order valence-electron chi connectivity index (χ3n) is 6.95. The Morgan fingerprint density at radius 1 is 1.13 bits per heavy atom. The zero-order valence-corrected chi connectivity index (χ0v) is 26.0. The van der Waals surface area contributed by atoms with E-state index in [1.807, 2.05) is 0 Å². The third-order valence-corrected chi connectivity index (χ3v) is 8.53. The first-order chi connectivity index (χ1) is 20.9. The van der Waals surface area contributed by atoms with Gasteiger partial charge < -0.3 is 24.1 Å². The van der Waals surface area contributed by atoms with Gasteiger partial charge in [0.05, 0.1) is 43.3 Å². The molecule has 0 aliphatic carbocycles. The SMILES string of the molecule is C/C=C(\C)F.CO/N=C1/C(=C/c2ccc(-n3cnc(C)c3)c(OC)c2)CC(S(F)(F)(F)(F)F)CN1C(CO)c1ccc(F)cc1. The summed E-state index contributed by atoms with van der Waals surface area (Å²) in [5, 5.41) is 11.0. The highest BCUT2D eigenvalue weighted by Gasteiger charge is 2.71. The highest BCUT2D eigenvalue weighted by molar-refractivity contribution is 8.46. The zero-order valence-electron chi connectivity index (χ0n) is 25.2. The molecule has 2 atom stereocenters. The van der Waals surface area contributed by atoms with Crippen LogP contribution < -0.4 is 4.74 Å². The molecule has 7 nitrogen and oxygen atoms in total. The van der Waals surface area contributed by atoms with Gasteiger partial charge in [0.15, 0.2) is 5.84 Å². The number of aromatic nitrogens is 2. The molecule has 1 aliphatic heterocycles. The van der Waals surface area contributed by atoms with Crippen LogP contribution in [0.1, 0.15) is 43.1 Å². The maximum atomic E-state index is 14.2. The Bertz CT molecular complexity index is 1570. The Morgan fingerprint density at radius 3 is 2.27 bits per heavy atom. The summed E-state index contributed by atoms with van der Waals surface area (Å²) in [6.07, 6.45) is 4.95. The number of amidine groups is 1.